The van der Waals surface area contributed by atoms with Crippen LogP contribution in [0.4, 0.5) is 13.2 Å². The number of alkyl halides is 3. The van der Waals surface area contributed by atoms with E-state index >= 15 is 0 Å². The van der Waals surface area contributed by atoms with Gasteiger partial charge in [-0.25, -0.2) is 0 Å². The molecular weight excluding hydrogens is 461 g/mol. The predicted octanol–water partition coefficient (Wildman–Crippen LogP) is 4.01. The maximum atomic E-state index is 13.6. The molecule has 9 heteroatoms. The first-order valence-corrected chi connectivity index (χ1v) is 12.4. The molecule has 1 saturated heterocycles. The Kier molecular flexibility index (Phi) is 7.48. The van der Waals surface area contributed by atoms with Crippen LogP contribution in [0.15, 0.2) is 30.3 Å². The zero-order chi connectivity index (χ0) is 25.3. The van der Waals surface area contributed by atoms with Crippen LogP contribution in [-0.2, 0) is 19.1 Å². The number of piperidine rings is 1. The lowest BCUT2D eigenvalue weighted by molar-refractivity contribution is -0.189. The van der Waals surface area contributed by atoms with E-state index in [4.69, 9.17) is 9.47 Å². The molecule has 35 heavy (non-hydrogen) atoms. The summed E-state index contributed by atoms with van der Waals surface area (Å²) in [6, 6.07) is 8.95. The molecule has 3 fully saturated rings. The van der Waals surface area contributed by atoms with Crippen LogP contribution in [0.2, 0.25) is 0 Å². The summed E-state index contributed by atoms with van der Waals surface area (Å²) in [5, 5.41) is 0. The van der Waals surface area contributed by atoms with Gasteiger partial charge in [-0.3, -0.25) is 9.59 Å². The van der Waals surface area contributed by atoms with Crippen LogP contribution in [0.3, 0.4) is 0 Å². The molecule has 6 nitrogen and oxygen atoms in total. The average Bonchev–Trinajstić information content (AvgIpc) is 3.61. The molecule has 0 N–H and O–H groups in total. The molecule has 194 valence electrons. The minimum atomic E-state index is -4.92. The number of hydrogen-bond donors (Lipinski definition) is 0. The quantitative estimate of drug-likeness (QED) is 0.484. The predicted molar refractivity (Wildman–Crippen MR) is 124 cm³/mol. The van der Waals surface area contributed by atoms with Crippen molar-refractivity contribution in [3.8, 4) is 0 Å². The number of carbonyl (C=O) groups excluding carboxylic acids is 2. The van der Waals surface area contributed by atoms with E-state index in [1.807, 2.05) is 30.3 Å². The van der Waals surface area contributed by atoms with Gasteiger partial charge in [-0.15, -0.1) is 0 Å². The Morgan fingerprint density at radius 3 is 2.26 bits per heavy atom. The van der Waals surface area contributed by atoms with Crippen molar-refractivity contribution >= 4 is 11.9 Å². The van der Waals surface area contributed by atoms with Crippen LogP contribution in [0.5, 0.6) is 0 Å². The molecule has 1 heterocycles. The number of hydrogen-bond acceptors (Lipinski definition) is 5. The summed E-state index contributed by atoms with van der Waals surface area (Å²) >= 11 is 0. The number of nitrogens with zero attached hydrogens (tertiary/aromatic N) is 2. The molecule has 0 bridgehead atoms. The molecule has 0 aromatic heterocycles. The van der Waals surface area contributed by atoms with Crippen molar-refractivity contribution in [2.75, 3.05) is 47.0 Å². The number of benzene rings is 1. The van der Waals surface area contributed by atoms with Gasteiger partial charge < -0.3 is 19.3 Å². The third kappa shape index (κ3) is 5.50. The number of carbonyl (C=O) groups is 2. The molecule has 2 atom stereocenters. The van der Waals surface area contributed by atoms with Crippen LogP contribution < -0.4 is 0 Å². The summed E-state index contributed by atoms with van der Waals surface area (Å²) in [4.78, 5) is 28.2. The number of likely N-dealkylation sites (tertiary alicyclic amines) is 1. The Bertz CT molecular complexity index is 896. The van der Waals surface area contributed by atoms with Gasteiger partial charge in [0.1, 0.15) is 0 Å². The Hall–Kier alpha value is -2.13. The van der Waals surface area contributed by atoms with Crippen molar-refractivity contribution in [3.05, 3.63) is 35.9 Å². The van der Waals surface area contributed by atoms with E-state index in [1.165, 1.54) is 7.11 Å². The number of rotatable bonds is 9. The molecule has 1 unspecified atom stereocenters. The van der Waals surface area contributed by atoms with Gasteiger partial charge >= 0.3 is 18.1 Å². The van der Waals surface area contributed by atoms with Gasteiger partial charge in [-0.1, -0.05) is 36.8 Å². The lowest BCUT2D eigenvalue weighted by atomic mass is 9.68. The molecule has 2 saturated carbocycles. The largest absolute Gasteiger partial charge is 0.471 e. The molecule has 3 aliphatic rings. The number of halogens is 3. The summed E-state index contributed by atoms with van der Waals surface area (Å²) < 4.78 is 51.3. The molecule has 1 aliphatic heterocycles. The minimum absolute atomic E-state index is 0.0170. The second-order valence-electron chi connectivity index (χ2n) is 10.6. The van der Waals surface area contributed by atoms with Crippen molar-refractivity contribution in [1.82, 2.24) is 9.80 Å². The summed E-state index contributed by atoms with van der Waals surface area (Å²) in [6.45, 7) is 2.19. The van der Waals surface area contributed by atoms with E-state index in [1.54, 1.807) is 7.11 Å². The van der Waals surface area contributed by atoms with Gasteiger partial charge in [-0.2, -0.15) is 13.2 Å². The summed E-state index contributed by atoms with van der Waals surface area (Å²) in [6.07, 6.45) is -0.593. The van der Waals surface area contributed by atoms with Crippen molar-refractivity contribution in [2.45, 2.75) is 56.7 Å². The first-order valence-electron chi connectivity index (χ1n) is 12.4. The van der Waals surface area contributed by atoms with E-state index in [0.29, 0.717) is 38.9 Å². The second kappa shape index (κ2) is 10.1. The molecule has 0 radical (unpaired) electrons. The Balaban J connectivity index is 1.47. The lowest BCUT2D eigenvalue weighted by Gasteiger charge is -2.48. The standard InChI is InChI=1S/C26H35F3N2O4/c1-34-18-24(11-13-30(14-12-24)17-25(9-6-10-25)23(33)35-2)16-31(22(32)26(27,28)29)21-15-20(21)19-7-4-3-5-8-19/h3-5,7-8,20-21H,6,9-18H2,1-2H3/t20?,21-/m1/s1. The summed E-state index contributed by atoms with van der Waals surface area (Å²) in [5.74, 6) is -2.03. The van der Waals surface area contributed by atoms with Crippen LogP contribution in [0.25, 0.3) is 0 Å². The maximum absolute atomic E-state index is 13.6. The number of amides is 1. The minimum Gasteiger partial charge on any atom is -0.469 e. The van der Waals surface area contributed by atoms with E-state index in [9.17, 15) is 22.8 Å². The lowest BCUT2D eigenvalue weighted by Crippen LogP contribution is -2.55. The number of ether oxygens (including phenoxy) is 2. The number of esters is 1. The van der Waals surface area contributed by atoms with E-state index in [0.717, 1.165) is 29.7 Å². The van der Waals surface area contributed by atoms with E-state index < -0.39 is 29.0 Å². The zero-order valence-electron chi connectivity index (χ0n) is 20.5. The fourth-order valence-corrected chi connectivity index (χ4v) is 5.96. The molecule has 2 aliphatic carbocycles. The molecule has 1 aromatic rings. The van der Waals surface area contributed by atoms with Gasteiger partial charge in [0, 0.05) is 37.6 Å². The SMILES string of the molecule is COCC1(CN(C(=O)C(F)(F)F)[C@@H]2CC2c2ccccc2)CCN(CC2(C(=O)OC)CCC2)CC1. The highest BCUT2D eigenvalue weighted by atomic mass is 19.4. The summed E-state index contributed by atoms with van der Waals surface area (Å²) in [5.41, 5.74) is -0.0686. The molecule has 4 rings (SSSR count). The smallest absolute Gasteiger partial charge is 0.469 e. The molecule has 1 amide bonds. The zero-order valence-corrected chi connectivity index (χ0v) is 20.5. The van der Waals surface area contributed by atoms with Gasteiger partial charge in [0.15, 0.2) is 0 Å². The van der Waals surface area contributed by atoms with Crippen molar-refractivity contribution < 1.29 is 32.2 Å². The average molecular weight is 497 g/mol. The fraction of sp³-hybridized carbons (Fsp3) is 0.692. The normalized spacial score (nSPS) is 25.4. The third-order valence-corrected chi connectivity index (χ3v) is 8.22. The fourth-order valence-electron chi connectivity index (χ4n) is 5.96. The maximum Gasteiger partial charge on any atom is 0.471 e. The van der Waals surface area contributed by atoms with E-state index in [-0.39, 0.29) is 25.0 Å². The highest BCUT2D eigenvalue weighted by Gasteiger charge is 2.54. The van der Waals surface area contributed by atoms with Crippen LogP contribution in [0, 0.1) is 10.8 Å². The molecular formula is C26H35F3N2O4. The highest BCUT2D eigenvalue weighted by molar-refractivity contribution is 5.82. The molecule has 0 spiro atoms. The monoisotopic (exact) mass is 496 g/mol. The second-order valence-corrected chi connectivity index (χ2v) is 10.6. The topological polar surface area (TPSA) is 59.1 Å². The van der Waals surface area contributed by atoms with Gasteiger partial charge in [0.25, 0.3) is 0 Å². The molecule has 1 aromatic carbocycles. The van der Waals surface area contributed by atoms with Crippen molar-refractivity contribution in [3.63, 3.8) is 0 Å². The van der Waals surface area contributed by atoms with Gasteiger partial charge in [-0.05, 0) is 50.8 Å². The summed E-state index contributed by atoms with van der Waals surface area (Å²) in [7, 11) is 2.96. The Morgan fingerprint density at radius 2 is 1.74 bits per heavy atom. The van der Waals surface area contributed by atoms with Gasteiger partial charge in [0.05, 0.1) is 19.1 Å². The Morgan fingerprint density at radius 1 is 1.09 bits per heavy atom. The first kappa shape index (κ1) is 25.9. The van der Waals surface area contributed by atoms with Crippen molar-refractivity contribution in [2.24, 2.45) is 10.8 Å². The van der Waals surface area contributed by atoms with Crippen LogP contribution in [0.1, 0.15) is 50.0 Å². The first-order chi connectivity index (χ1) is 16.6. The van der Waals surface area contributed by atoms with Crippen molar-refractivity contribution in [1.29, 1.82) is 0 Å². The van der Waals surface area contributed by atoms with E-state index in [2.05, 4.69) is 4.90 Å². The van der Waals surface area contributed by atoms with Crippen LogP contribution >= 0.6 is 0 Å². The Labute approximate surface area is 204 Å². The highest BCUT2D eigenvalue weighted by Crippen LogP contribution is 2.48. The van der Waals surface area contributed by atoms with Gasteiger partial charge in [0.2, 0.25) is 0 Å². The van der Waals surface area contributed by atoms with Crippen LogP contribution in [-0.4, -0.2) is 80.9 Å². The number of methoxy groups -OCH3 is 2. The third-order valence-electron chi connectivity index (χ3n) is 8.22.